The number of aromatic nitrogens is 5. The molecule has 4 aromatic rings. The van der Waals surface area contributed by atoms with Gasteiger partial charge in [0.1, 0.15) is 23.5 Å². The molecule has 0 atom stereocenters. The quantitative estimate of drug-likeness (QED) is 0.577. The fourth-order valence-electron chi connectivity index (χ4n) is 2.36. The van der Waals surface area contributed by atoms with Gasteiger partial charge in [-0.25, -0.2) is 19.0 Å². The zero-order chi connectivity index (χ0) is 16.4. The summed E-state index contributed by atoms with van der Waals surface area (Å²) in [5.41, 5.74) is 1.68. The van der Waals surface area contributed by atoms with Crippen LogP contribution in [-0.2, 0) is 6.54 Å². The third-order valence-corrected chi connectivity index (χ3v) is 3.51. The van der Waals surface area contributed by atoms with E-state index in [4.69, 9.17) is 4.42 Å². The van der Waals surface area contributed by atoms with Crippen LogP contribution in [0.15, 0.2) is 65.7 Å². The molecule has 118 valence electrons. The molecule has 0 saturated carbocycles. The highest BCUT2D eigenvalue weighted by Gasteiger charge is 2.17. The van der Waals surface area contributed by atoms with Gasteiger partial charge in [-0.2, -0.15) is 0 Å². The van der Waals surface area contributed by atoms with Crippen molar-refractivity contribution in [2.24, 2.45) is 0 Å². The number of oxazole rings is 1. The number of hydrogen-bond acceptors (Lipinski definition) is 5. The van der Waals surface area contributed by atoms with Gasteiger partial charge in [-0.15, -0.1) is 5.10 Å². The fraction of sp³-hybridized carbons (Fsp3) is 0.0588. The van der Waals surface area contributed by atoms with Crippen LogP contribution in [0.4, 0.5) is 4.39 Å². The number of hydrogen-bond donors (Lipinski definition) is 0. The summed E-state index contributed by atoms with van der Waals surface area (Å²) in [5.74, 6) is 0.649. The van der Waals surface area contributed by atoms with Crippen LogP contribution in [0.3, 0.4) is 0 Å². The van der Waals surface area contributed by atoms with Crippen LogP contribution >= 0.6 is 0 Å². The first-order valence-electron chi connectivity index (χ1n) is 7.29. The van der Waals surface area contributed by atoms with Crippen LogP contribution in [0.25, 0.3) is 23.0 Å². The first kappa shape index (κ1) is 14.3. The van der Waals surface area contributed by atoms with Crippen LogP contribution in [0.2, 0.25) is 0 Å². The molecule has 0 amide bonds. The molecule has 0 N–H and O–H groups in total. The van der Waals surface area contributed by atoms with Crippen LogP contribution in [0.1, 0.15) is 5.56 Å². The number of nitrogens with zero attached hydrogens (tertiary/aromatic N) is 5. The first-order chi connectivity index (χ1) is 11.8. The largest absolute Gasteiger partial charge is 0.451 e. The minimum atomic E-state index is -0.293. The summed E-state index contributed by atoms with van der Waals surface area (Å²) >= 11 is 0. The Kier molecular flexibility index (Phi) is 3.59. The maximum atomic E-state index is 14.0. The molecular weight excluding hydrogens is 309 g/mol. The maximum Gasteiger partial charge on any atom is 0.200 e. The van der Waals surface area contributed by atoms with Crippen molar-refractivity contribution in [1.82, 2.24) is 24.7 Å². The molecule has 0 aliphatic rings. The van der Waals surface area contributed by atoms with Gasteiger partial charge in [-0.1, -0.05) is 24.3 Å². The zero-order valence-electron chi connectivity index (χ0n) is 12.5. The summed E-state index contributed by atoms with van der Waals surface area (Å²) in [4.78, 5) is 12.9. The molecule has 0 aliphatic heterocycles. The van der Waals surface area contributed by atoms with E-state index in [1.807, 2.05) is 18.2 Å². The fourth-order valence-corrected chi connectivity index (χ4v) is 2.36. The van der Waals surface area contributed by atoms with Crippen molar-refractivity contribution in [1.29, 1.82) is 0 Å². The van der Waals surface area contributed by atoms with E-state index >= 15 is 0 Å². The summed E-state index contributed by atoms with van der Waals surface area (Å²) in [7, 11) is 0. The summed E-state index contributed by atoms with van der Waals surface area (Å²) in [6.07, 6.45) is 4.46. The Morgan fingerprint density at radius 2 is 1.88 bits per heavy atom. The van der Waals surface area contributed by atoms with E-state index in [1.54, 1.807) is 29.1 Å². The van der Waals surface area contributed by atoms with Crippen LogP contribution in [-0.4, -0.2) is 24.7 Å². The summed E-state index contributed by atoms with van der Waals surface area (Å²) < 4.78 is 20.6. The number of rotatable bonds is 4. The molecule has 6 nitrogen and oxygen atoms in total. The number of halogens is 1. The lowest BCUT2D eigenvalue weighted by Gasteiger charge is -2.05. The minimum absolute atomic E-state index is 0.231. The van der Waals surface area contributed by atoms with Gasteiger partial charge < -0.3 is 4.42 Å². The lowest BCUT2D eigenvalue weighted by Crippen LogP contribution is -2.06. The van der Waals surface area contributed by atoms with Crippen molar-refractivity contribution < 1.29 is 8.81 Å². The van der Waals surface area contributed by atoms with E-state index < -0.39 is 0 Å². The lowest BCUT2D eigenvalue weighted by atomic mass is 10.2. The van der Waals surface area contributed by atoms with Crippen LogP contribution < -0.4 is 0 Å². The molecule has 0 aliphatic carbocycles. The third kappa shape index (κ3) is 2.67. The topological polar surface area (TPSA) is 69.6 Å². The maximum absolute atomic E-state index is 14.0. The predicted molar refractivity (Wildman–Crippen MR) is 84.3 cm³/mol. The zero-order valence-corrected chi connectivity index (χ0v) is 12.5. The monoisotopic (exact) mass is 321 g/mol. The lowest BCUT2D eigenvalue weighted by molar-refractivity contribution is 0.557. The summed E-state index contributed by atoms with van der Waals surface area (Å²) in [6, 6.07) is 12.1. The van der Waals surface area contributed by atoms with E-state index in [1.165, 1.54) is 18.7 Å². The van der Waals surface area contributed by atoms with E-state index in [0.29, 0.717) is 28.6 Å². The van der Waals surface area contributed by atoms with Gasteiger partial charge in [-0.05, 0) is 18.2 Å². The normalized spacial score (nSPS) is 10.9. The number of benzene rings is 1. The Morgan fingerprint density at radius 1 is 1.00 bits per heavy atom. The van der Waals surface area contributed by atoms with Crippen molar-refractivity contribution in [3.63, 3.8) is 0 Å². The van der Waals surface area contributed by atoms with Crippen molar-refractivity contribution >= 4 is 0 Å². The van der Waals surface area contributed by atoms with Gasteiger partial charge in [0.05, 0.1) is 6.54 Å². The van der Waals surface area contributed by atoms with Crippen LogP contribution in [0.5, 0.6) is 0 Å². The molecule has 1 aromatic carbocycles. The minimum Gasteiger partial charge on any atom is -0.451 e. The Bertz CT molecular complexity index is 950. The molecular formula is C17H12FN5O. The van der Waals surface area contributed by atoms with E-state index in [2.05, 4.69) is 20.1 Å². The Morgan fingerprint density at radius 3 is 2.62 bits per heavy atom. The van der Waals surface area contributed by atoms with Crippen molar-refractivity contribution in [2.45, 2.75) is 6.54 Å². The molecule has 24 heavy (non-hydrogen) atoms. The van der Waals surface area contributed by atoms with Crippen LogP contribution in [0, 0.1) is 5.82 Å². The Balaban J connectivity index is 1.80. The molecule has 0 fully saturated rings. The van der Waals surface area contributed by atoms with Gasteiger partial charge in [0.25, 0.3) is 0 Å². The van der Waals surface area contributed by atoms with E-state index in [0.717, 1.165) is 0 Å². The predicted octanol–water partition coefficient (Wildman–Crippen LogP) is 3.18. The summed E-state index contributed by atoms with van der Waals surface area (Å²) in [5, 5.41) is 4.47. The molecule has 0 spiro atoms. The average Bonchev–Trinajstić information content (AvgIpc) is 3.27. The highest BCUT2D eigenvalue weighted by Crippen LogP contribution is 2.21. The SMILES string of the molecule is Fc1ccccc1Cn1nc(-c2ccccn2)nc1-c1cocn1. The van der Waals surface area contributed by atoms with Crippen molar-refractivity contribution in [3.05, 3.63) is 72.7 Å². The second-order valence-corrected chi connectivity index (χ2v) is 5.10. The molecule has 0 unspecified atom stereocenters. The van der Waals surface area contributed by atoms with Crippen molar-refractivity contribution in [2.75, 3.05) is 0 Å². The second-order valence-electron chi connectivity index (χ2n) is 5.10. The number of pyridine rings is 1. The molecule has 0 saturated heterocycles. The van der Waals surface area contributed by atoms with Gasteiger partial charge in [0.2, 0.25) is 0 Å². The second kappa shape index (κ2) is 6.04. The molecule has 0 radical (unpaired) electrons. The summed E-state index contributed by atoms with van der Waals surface area (Å²) in [6.45, 7) is 0.231. The van der Waals surface area contributed by atoms with Gasteiger partial charge in [0.15, 0.2) is 18.0 Å². The van der Waals surface area contributed by atoms with Gasteiger partial charge >= 0.3 is 0 Å². The Labute approximate surface area is 136 Å². The van der Waals surface area contributed by atoms with Gasteiger partial charge in [-0.3, -0.25) is 4.98 Å². The van der Waals surface area contributed by atoms with E-state index in [-0.39, 0.29) is 12.4 Å². The standard InChI is InChI=1S/C17H12FN5O/c18-13-6-2-1-5-12(13)9-23-17(15-10-24-11-20-15)21-16(22-23)14-7-3-4-8-19-14/h1-8,10-11H,9H2. The highest BCUT2D eigenvalue weighted by molar-refractivity contribution is 5.55. The first-order valence-corrected chi connectivity index (χ1v) is 7.29. The molecule has 3 aromatic heterocycles. The third-order valence-electron chi connectivity index (χ3n) is 3.51. The molecule has 3 heterocycles. The molecule has 0 bridgehead atoms. The van der Waals surface area contributed by atoms with Crippen molar-refractivity contribution in [3.8, 4) is 23.0 Å². The Hall–Kier alpha value is -3.35. The smallest absolute Gasteiger partial charge is 0.200 e. The highest BCUT2D eigenvalue weighted by atomic mass is 19.1. The average molecular weight is 321 g/mol. The molecule has 7 heteroatoms. The van der Waals surface area contributed by atoms with E-state index in [9.17, 15) is 4.39 Å². The van der Waals surface area contributed by atoms with Gasteiger partial charge in [0, 0.05) is 11.8 Å². The molecule has 4 rings (SSSR count).